The van der Waals surface area contributed by atoms with Gasteiger partial charge in [-0.05, 0) is 72.3 Å². The lowest BCUT2D eigenvalue weighted by molar-refractivity contribution is -0.858. The van der Waals surface area contributed by atoms with E-state index in [1.165, 1.54) is 44.7 Å². The second kappa shape index (κ2) is 13.5. The van der Waals surface area contributed by atoms with Crippen LogP contribution in [0.1, 0.15) is 5.56 Å². The number of ether oxygens (including phenoxy) is 2. The molecule has 0 unspecified atom stereocenters. The molecule has 0 N–H and O–H groups in total. The van der Waals surface area contributed by atoms with Gasteiger partial charge in [-0.2, -0.15) is 9.83 Å². The Hall–Kier alpha value is -4.09. The van der Waals surface area contributed by atoms with Crippen molar-refractivity contribution in [1.82, 2.24) is 0 Å². The first-order valence-corrected chi connectivity index (χ1v) is 13.0. The van der Waals surface area contributed by atoms with E-state index in [0.717, 1.165) is 4.73 Å². The molecule has 0 aliphatic rings. The zero-order chi connectivity index (χ0) is 27.5. The summed E-state index contributed by atoms with van der Waals surface area (Å²) in [4.78, 5) is 0. The maximum Gasteiger partial charge on any atom is 0.700 e. The Labute approximate surface area is 229 Å². The Morgan fingerprint density at radius 2 is 1.26 bits per heavy atom. The molecule has 0 fully saturated rings. The predicted octanol–water partition coefficient (Wildman–Crippen LogP) is 5.62. The highest BCUT2D eigenvalue weighted by Crippen LogP contribution is 2.46. The molecular formula is C26H21Cl2N2O7P. The molecule has 0 atom stereocenters. The van der Waals surface area contributed by atoms with Crippen molar-refractivity contribution in [2.75, 3.05) is 14.2 Å². The zero-order valence-corrected chi connectivity index (χ0v) is 22.5. The van der Waals surface area contributed by atoms with Gasteiger partial charge in [-0.1, -0.05) is 23.7 Å². The van der Waals surface area contributed by atoms with Crippen LogP contribution in [0.5, 0.6) is 28.7 Å². The minimum atomic E-state index is -4.27. The van der Waals surface area contributed by atoms with Crippen LogP contribution in [0, 0.1) is 11.3 Å². The highest BCUT2D eigenvalue weighted by atomic mass is 35.5. The van der Waals surface area contributed by atoms with Gasteiger partial charge < -0.3 is 23.6 Å². The highest BCUT2D eigenvalue weighted by Gasteiger charge is 2.39. The number of hydrogen-bond acceptors (Lipinski definition) is 8. The summed E-state index contributed by atoms with van der Waals surface area (Å²) < 4.78 is 41.3. The van der Waals surface area contributed by atoms with Crippen molar-refractivity contribution in [2.45, 2.75) is 0 Å². The third-order valence-electron chi connectivity index (χ3n) is 4.56. The maximum absolute atomic E-state index is 13.5. The summed E-state index contributed by atoms with van der Waals surface area (Å²) in [6, 6.07) is 23.5. The molecule has 0 spiro atoms. The summed E-state index contributed by atoms with van der Waals surface area (Å²) in [6.07, 6.45) is 1.34. The van der Waals surface area contributed by atoms with Crippen molar-refractivity contribution < 1.29 is 37.5 Å². The monoisotopic (exact) mass is 574 g/mol. The van der Waals surface area contributed by atoms with Crippen LogP contribution >= 0.6 is 31.0 Å². The van der Waals surface area contributed by atoms with Gasteiger partial charge >= 0.3 is 13.0 Å². The summed E-state index contributed by atoms with van der Waals surface area (Å²) >= 11 is 11.6. The molecular weight excluding hydrogens is 554 g/mol. The quantitative estimate of drug-likeness (QED) is 0.151. The van der Waals surface area contributed by atoms with E-state index in [9.17, 15) is 9.67 Å². The molecule has 4 rings (SSSR count). The van der Waals surface area contributed by atoms with Gasteiger partial charge in [-0.15, -0.1) is 10.4 Å². The number of rotatable bonds is 8. The molecule has 196 valence electrons. The van der Waals surface area contributed by atoms with Crippen LogP contribution < -0.4 is 33.0 Å². The normalized spacial score (nSPS) is 10.3. The number of pyridine rings is 1. The Kier molecular flexibility index (Phi) is 10.1. The minimum absolute atomic E-state index is 0.00519. The standard InChI is InChI=1S/C20H17ClN2O6P.C6H5ClO/c1-25-16-3-7-18(8-4-16)27-30(24,28-19-9-5-17(26-2)6-10-19)29-23-12-11-15(14-22)13-20(23)21;7-5-1-3-6(8)4-2-5/h3-13H,1-2H3;1-4,8H/q+1;/p-1. The van der Waals surface area contributed by atoms with Crippen LogP contribution in [0.2, 0.25) is 10.2 Å². The Bertz CT molecular complexity index is 1350. The fraction of sp³-hybridized carbons (Fsp3) is 0.0769. The summed E-state index contributed by atoms with van der Waals surface area (Å²) in [7, 11) is -1.21. The second-order valence-electron chi connectivity index (χ2n) is 7.19. The van der Waals surface area contributed by atoms with Crippen molar-refractivity contribution in [1.29, 1.82) is 5.26 Å². The van der Waals surface area contributed by atoms with Crippen molar-refractivity contribution in [3.05, 3.63) is 107 Å². The number of halogens is 2. The van der Waals surface area contributed by atoms with Crippen molar-refractivity contribution in [3.63, 3.8) is 0 Å². The van der Waals surface area contributed by atoms with E-state index in [4.69, 9.17) is 51.6 Å². The van der Waals surface area contributed by atoms with E-state index < -0.39 is 7.82 Å². The Morgan fingerprint density at radius 3 is 1.66 bits per heavy atom. The number of benzene rings is 3. The molecule has 12 heteroatoms. The van der Waals surface area contributed by atoms with Crippen LogP contribution in [0.3, 0.4) is 0 Å². The number of methoxy groups -OCH3 is 2. The van der Waals surface area contributed by atoms with Crippen LogP contribution in [-0.4, -0.2) is 14.2 Å². The number of aromatic nitrogens is 1. The molecule has 4 aromatic rings. The number of phosphoric ester groups is 1. The highest BCUT2D eigenvalue weighted by molar-refractivity contribution is 7.49. The number of nitriles is 1. The SMILES string of the molecule is COc1ccc(OP(=O)(Oc2ccc(OC)cc2)O[n+]2ccc(C#N)cc2Cl)cc1.[O-]c1ccc(Cl)cc1. The first-order chi connectivity index (χ1) is 18.2. The molecule has 0 saturated carbocycles. The zero-order valence-electron chi connectivity index (χ0n) is 20.1. The molecule has 9 nitrogen and oxygen atoms in total. The summed E-state index contributed by atoms with van der Waals surface area (Å²) in [6.45, 7) is 0. The molecule has 0 aliphatic carbocycles. The predicted molar refractivity (Wildman–Crippen MR) is 139 cm³/mol. The third kappa shape index (κ3) is 8.49. The van der Waals surface area contributed by atoms with E-state index in [-0.39, 0.29) is 22.4 Å². The molecule has 3 aromatic carbocycles. The molecule has 1 aromatic heterocycles. The fourth-order valence-electron chi connectivity index (χ4n) is 2.72. The second-order valence-corrected chi connectivity index (χ2v) is 9.44. The van der Waals surface area contributed by atoms with E-state index in [1.807, 2.05) is 6.07 Å². The number of phosphoric acid groups is 1. The van der Waals surface area contributed by atoms with E-state index in [0.29, 0.717) is 22.1 Å². The lowest BCUT2D eigenvalue weighted by atomic mass is 10.3. The maximum atomic E-state index is 13.5. The van der Waals surface area contributed by atoms with Gasteiger partial charge in [0.25, 0.3) is 0 Å². The fourth-order valence-corrected chi connectivity index (χ4v) is 4.32. The van der Waals surface area contributed by atoms with Crippen LogP contribution in [-0.2, 0) is 4.57 Å². The average molecular weight is 575 g/mol. The summed E-state index contributed by atoms with van der Waals surface area (Å²) in [5.41, 5.74) is 0.307. The van der Waals surface area contributed by atoms with Gasteiger partial charge in [0, 0.05) is 21.9 Å². The smallest absolute Gasteiger partial charge is 0.700 e. The summed E-state index contributed by atoms with van der Waals surface area (Å²) in [5, 5.41) is 19.9. The lowest BCUT2D eigenvalue weighted by Crippen LogP contribution is -2.43. The lowest BCUT2D eigenvalue weighted by Gasteiger charge is -2.15. The van der Waals surface area contributed by atoms with Crippen molar-refractivity contribution >= 4 is 31.0 Å². The van der Waals surface area contributed by atoms with Crippen LogP contribution in [0.15, 0.2) is 91.1 Å². The van der Waals surface area contributed by atoms with Gasteiger partial charge in [-0.3, -0.25) is 0 Å². The topological polar surface area (TPSA) is 114 Å². The van der Waals surface area contributed by atoms with E-state index >= 15 is 0 Å². The largest absolute Gasteiger partial charge is 0.872 e. The van der Waals surface area contributed by atoms with Crippen molar-refractivity contribution in [3.8, 4) is 34.8 Å². The number of hydrogen-bond donors (Lipinski definition) is 0. The molecule has 0 aliphatic heterocycles. The van der Waals surface area contributed by atoms with Crippen LogP contribution in [0.25, 0.3) is 0 Å². The molecule has 1 heterocycles. The molecule has 0 radical (unpaired) electrons. The first kappa shape index (κ1) is 28.5. The van der Waals surface area contributed by atoms with E-state index in [2.05, 4.69) is 0 Å². The van der Waals surface area contributed by atoms with Gasteiger partial charge in [0.15, 0.2) is 0 Å². The molecule has 0 bridgehead atoms. The van der Waals surface area contributed by atoms with E-state index in [1.54, 1.807) is 60.7 Å². The van der Waals surface area contributed by atoms with Gasteiger partial charge in [0.2, 0.25) is 6.20 Å². The molecule has 38 heavy (non-hydrogen) atoms. The molecule has 0 saturated heterocycles. The van der Waals surface area contributed by atoms with Gasteiger partial charge in [-0.25, -0.2) is 0 Å². The van der Waals surface area contributed by atoms with Gasteiger partial charge in [0.1, 0.15) is 23.0 Å². The summed E-state index contributed by atoms with van der Waals surface area (Å²) in [5.74, 6) is 1.63. The van der Waals surface area contributed by atoms with Gasteiger partial charge in [0.05, 0.1) is 25.9 Å². The third-order valence-corrected chi connectivity index (χ3v) is 6.33. The Balaban J connectivity index is 0.000000427. The minimum Gasteiger partial charge on any atom is -0.872 e. The molecule has 0 amide bonds. The first-order valence-electron chi connectivity index (χ1n) is 10.7. The number of nitrogens with zero attached hydrogens (tertiary/aromatic N) is 2. The van der Waals surface area contributed by atoms with Crippen molar-refractivity contribution in [2.24, 2.45) is 0 Å². The Morgan fingerprint density at radius 1 is 0.789 bits per heavy atom. The average Bonchev–Trinajstić information content (AvgIpc) is 2.92. The van der Waals surface area contributed by atoms with Crippen LogP contribution in [0.4, 0.5) is 0 Å².